The number of fused-ring (bicyclic) bond motifs is 1. The van der Waals surface area contributed by atoms with Gasteiger partial charge in [-0.2, -0.15) is 5.10 Å². The van der Waals surface area contributed by atoms with Crippen LogP contribution in [0.2, 0.25) is 0 Å². The van der Waals surface area contributed by atoms with Crippen molar-refractivity contribution < 1.29 is 9.90 Å². The van der Waals surface area contributed by atoms with E-state index in [4.69, 9.17) is 0 Å². The molecule has 1 aliphatic rings. The van der Waals surface area contributed by atoms with Crippen molar-refractivity contribution in [3.63, 3.8) is 0 Å². The summed E-state index contributed by atoms with van der Waals surface area (Å²) in [5.41, 5.74) is 3.26. The fourth-order valence-electron chi connectivity index (χ4n) is 3.45. The van der Waals surface area contributed by atoms with E-state index in [0.29, 0.717) is 5.56 Å². The molecule has 1 aromatic heterocycles. The van der Waals surface area contributed by atoms with Gasteiger partial charge in [-0.3, -0.25) is 9.89 Å². The Morgan fingerprint density at radius 3 is 2.77 bits per heavy atom. The Morgan fingerprint density at radius 2 is 1.92 bits per heavy atom. The van der Waals surface area contributed by atoms with Gasteiger partial charge >= 0.3 is 0 Å². The lowest BCUT2D eigenvalue weighted by Gasteiger charge is -2.26. The summed E-state index contributed by atoms with van der Waals surface area (Å²) in [6, 6.07) is 13.5. The monoisotopic (exact) mass is 350 g/mol. The van der Waals surface area contributed by atoms with Crippen LogP contribution in [0.4, 0.5) is 11.4 Å². The number of carbonyl (C=O) groups is 1. The van der Waals surface area contributed by atoms with E-state index >= 15 is 0 Å². The molecule has 1 amide bonds. The van der Waals surface area contributed by atoms with E-state index in [1.807, 2.05) is 42.5 Å². The van der Waals surface area contributed by atoms with Crippen molar-refractivity contribution in [2.45, 2.75) is 37.8 Å². The first-order valence-corrected chi connectivity index (χ1v) is 8.97. The summed E-state index contributed by atoms with van der Waals surface area (Å²) < 4.78 is 0. The van der Waals surface area contributed by atoms with Crippen LogP contribution >= 0.6 is 0 Å². The average Bonchev–Trinajstić information content (AvgIpc) is 3.12. The van der Waals surface area contributed by atoms with Crippen molar-refractivity contribution in [2.24, 2.45) is 0 Å². The van der Waals surface area contributed by atoms with Crippen LogP contribution in [0.25, 0.3) is 10.9 Å². The van der Waals surface area contributed by atoms with E-state index in [2.05, 4.69) is 20.8 Å². The number of aliphatic hydroxyl groups is 1. The molecule has 0 bridgehead atoms. The second-order valence-electron chi connectivity index (χ2n) is 6.82. The Hall–Kier alpha value is -2.86. The van der Waals surface area contributed by atoms with E-state index in [9.17, 15) is 9.90 Å². The van der Waals surface area contributed by atoms with Gasteiger partial charge in [0.1, 0.15) is 0 Å². The van der Waals surface area contributed by atoms with E-state index in [-0.39, 0.29) is 18.1 Å². The number of benzene rings is 2. The highest BCUT2D eigenvalue weighted by molar-refractivity contribution is 6.00. The molecule has 134 valence electrons. The molecule has 4 rings (SSSR count). The summed E-state index contributed by atoms with van der Waals surface area (Å²) in [4.78, 5) is 12.7. The predicted octanol–water partition coefficient (Wildman–Crippen LogP) is 3.34. The van der Waals surface area contributed by atoms with Crippen molar-refractivity contribution >= 4 is 28.2 Å². The Kier molecular flexibility index (Phi) is 4.58. The molecule has 1 heterocycles. The number of aromatic amines is 1. The second kappa shape index (κ2) is 7.17. The van der Waals surface area contributed by atoms with E-state index in [0.717, 1.165) is 48.0 Å². The molecular weight excluding hydrogens is 328 g/mol. The Balaban J connectivity index is 1.51. The number of nitrogens with one attached hydrogen (secondary N) is 3. The molecule has 0 spiro atoms. The fraction of sp³-hybridized carbons (Fsp3) is 0.300. The van der Waals surface area contributed by atoms with Gasteiger partial charge < -0.3 is 15.7 Å². The Morgan fingerprint density at radius 1 is 1.12 bits per heavy atom. The zero-order valence-corrected chi connectivity index (χ0v) is 14.4. The number of para-hydroxylation sites is 1. The SMILES string of the molecule is O=C(N[C@H]1CC[C@H](O)CC1)c1ccccc1Nc1ccc2[nH]ncc2c1. The first-order chi connectivity index (χ1) is 12.7. The number of hydrogen-bond donors (Lipinski definition) is 4. The van der Waals surface area contributed by atoms with Gasteiger partial charge in [-0.15, -0.1) is 0 Å². The molecule has 26 heavy (non-hydrogen) atoms. The minimum absolute atomic E-state index is 0.0844. The summed E-state index contributed by atoms with van der Waals surface area (Å²) in [6.07, 6.45) is 4.68. The van der Waals surface area contributed by atoms with Gasteiger partial charge in [0.15, 0.2) is 0 Å². The first-order valence-electron chi connectivity index (χ1n) is 8.97. The zero-order valence-electron chi connectivity index (χ0n) is 14.4. The molecule has 1 saturated carbocycles. The van der Waals surface area contributed by atoms with Crippen molar-refractivity contribution in [3.8, 4) is 0 Å². The number of hydrogen-bond acceptors (Lipinski definition) is 4. The van der Waals surface area contributed by atoms with E-state index in [1.165, 1.54) is 0 Å². The van der Waals surface area contributed by atoms with Gasteiger partial charge in [-0.1, -0.05) is 12.1 Å². The minimum atomic E-state index is -0.227. The quantitative estimate of drug-likeness (QED) is 0.581. The third-order valence-corrected chi connectivity index (χ3v) is 4.92. The predicted molar refractivity (Wildman–Crippen MR) is 102 cm³/mol. The molecule has 1 aliphatic carbocycles. The maximum atomic E-state index is 12.7. The first kappa shape index (κ1) is 16.6. The summed E-state index contributed by atoms with van der Waals surface area (Å²) in [6.45, 7) is 0. The third-order valence-electron chi connectivity index (χ3n) is 4.92. The number of aliphatic hydroxyl groups excluding tert-OH is 1. The Bertz CT molecular complexity index is 913. The van der Waals surface area contributed by atoms with Crippen LogP contribution in [0.15, 0.2) is 48.7 Å². The Labute approximate surface area is 151 Å². The largest absolute Gasteiger partial charge is 0.393 e. The standard InChI is InChI=1S/C20H22N4O2/c25-16-8-5-14(6-9-16)23-20(26)17-3-1-2-4-19(17)22-15-7-10-18-13(11-15)12-21-24-18/h1-4,7,10-12,14,16,22,25H,5-6,8-9H2,(H,21,24)(H,23,26)/t14-,16-. The maximum absolute atomic E-state index is 12.7. The van der Waals surface area contributed by atoms with Crippen molar-refractivity contribution in [2.75, 3.05) is 5.32 Å². The van der Waals surface area contributed by atoms with Gasteiger partial charge in [0, 0.05) is 17.1 Å². The number of amides is 1. The van der Waals surface area contributed by atoms with E-state index in [1.54, 1.807) is 6.20 Å². The highest BCUT2D eigenvalue weighted by atomic mass is 16.3. The minimum Gasteiger partial charge on any atom is -0.393 e. The van der Waals surface area contributed by atoms with Crippen LogP contribution in [0.1, 0.15) is 36.0 Å². The van der Waals surface area contributed by atoms with Crippen LogP contribution in [-0.4, -0.2) is 33.4 Å². The molecule has 0 atom stereocenters. The van der Waals surface area contributed by atoms with E-state index < -0.39 is 0 Å². The lowest BCUT2D eigenvalue weighted by molar-refractivity contribution is 0.0868. The van der Waals surface area contributed by atoms with Gasteiger partial charge in [0.2, 0.25) is 0 Å². The number of anilines is 2. The summed E-state index contributed by atoms with van der Waals surface area (Å²) in [5.74, 6) is -0.0844. The van der Waals surface area contributed by atoms with Crippen LogP contribution in [0.5, 0.6) is 0 Å². The summed E-state index contributed by atoms with van der Waals surface area (Å²) in [5, 5.41) is 24.0. The molecule has 4 N–H and O–H groups in total. The number of aromatic nitrogens is 2. The maximum Gasteiger partial charge on any atom is 0.253 e. The molecule has 3 aromatic rings. The summed E-state index contributed by atoms with van der Waals surface area (Å²) >= 11 is 0. The van der Waals surface area contributed by atoms with Gasteiger partial charge in [0.25, 0.3) is 5.91 Å². The van der Waals surface area contributed by atoms with Gasteiger partial charge in [-0.25, -0.2) is 0 Å². The average molecular weight is 350 g/mol. The molecule has 0 unspecified atom stereocenters. The summed E-state index contributed by atoms with van der Waals surface area (Å²) in [7, 11) is 0. The van der Waals surface area contributed by atoms with Crippen LogP contribution in [0.3, 0.4) is 0 Å². The van der Waals surface area contributed by atoms with Crippen molar-refractivity contribution in [3.05, 3.63) is 54.2 Å². The molecule has 6 nitrogen and oxygen atoms in total. The molecule has 1 fully saturated rings. The van der Waals surface area contributed by atoms with Gasteiger partial charge in [0.05, 0.1) is 29.1 Å². The number of rotatable bonds is 4. The van der Waals surface area contributed by atoms with Crippen molar-refractivity contribution in [1.82, 2.24) is 15.5 Å². The lowest BCUT2D eigenvalue weighted by atomic mass is 9.93. The second-order valence-corrected chi connectivity index (χ2v) is 6.82. The highest BCUT2D eigenvalue weighted by Gasteiger charge is 2.22. The zero-order chi connectivity index (χ0) is 17.9. The smallest absolute Gasteiger partial charge is 0.253 e. The molecule has 2 aromatic carbocycles. The van der Waals surface area contributed by atoms with Crippen LogP contribution in [0, 0.1) is 0 Å². The normalized spacial score (nSPS) is 20.0. The number of carbonyl (C=O) groups excluding carboxylic acids is 1. The molecule has 0 saturated heterocycles. The fourth-order valence-corrected chi connectivity index (χ4v) is 3.45. The highest BCUT2D eigenvalue weighted by Crippen LogP contribution is 2.25. The van der Waals surface area contributed by atoms with Crippen LogP contribution in [-0.2, 0) is 0 Å². The lowest BCUT2D eigenvalue weighted by Crippen LogP contribution is -2.38. The third kappa shape index (κ3) is 3.55. The van der Waals surface area contributed by atoms with Crippen LogP contribution < -0.4 is 10.6 Å². The molecule has 0 aliphatic heterocycles. The number of H-pyrrole nitrogens is 1. The number of nitrogens with zero attached hydrogens (tertiary/aromatic N) is 1. The van der Waals surface area contributed by atoms with Gasteiger partial charge in [-0.05, 0) is 56.0 Å². The van der Waals surface area contributed by atoms with Crippen molar-refractivity contribution in [1.29, 1.82) is 0 Å². The molecule has 0 radical (unpaired) electrons. The molecule has 6 heteroatoms. The topological polar surface area (TPSA) is 90.0 Å². The molecular formula is C20H22N4O2.